The second-order valence-corrected chi connectivity index (χ2v) is 7.17. The smallest absolute Gasteiger partial charge is 0.224 e. The Balaban J connectivity index is 1.78. The summed E-state index contributed by atoms with van der Waals surface area (Å²) in [7, 11) is 4.10. The Morgan fingerprint density at radius 2 is 1.44 bits per heavy atom. The first-order chi connectivity index (χ1) is 13.0. The van der Waals surface area contributed by atoms with Crippen molar-refractivity contribution in [2.24, 2.45) is 0 Å². The molecular weight excluding hydrogens is 336 g/mol. The minimum atomic E-state index is -0.132. The summed E-state index contributed by atoms with van der Waals surface area (Å²) >= 11 is 0. The van der Waals surface area contributed by atoms with Gasteiger partial charge in [-0.25, -0.2) is 0 Å². The van der Waals surface area contributed by atoms with Crippen molar-refractivity contribution in [1.82, 2.24) is 4.90 Å². The maximum absolute atomic E-state index is 12.3. The minimum Gasteiger partial charge on any atom is -0.326 e. The van der Waals surface area contributed by atoms with E-state index in [9.17, 15) is 9.59 Å². The van der Waals surface area contributed by atoms with Crippen molar-refractivity contribution in [1.29, 1.82) is 0 Å². The predicted molar refractivity (Wildman–Crippen MR) is 111 cm³/mol. The maximum Gasteiger partial charge on any atom is 0.224 e. The van der Waals surface area contributed by atoms with Gasteiger partial charge in [-0.05, 0) is 50.2 Å². The molecule has 0 spiro atoms. The molecule has 0 radical (unpaired) electrons. The summed E-state index contributed by atoms with van der Waals surface area (Å²) in [5, 5.41) is 2.87. The number of hydrogen-bond donors (Lipinski definition) is 1. The van der Waals surface area contributed by atoms with E-state index in [1.54, 1.807) is 0 Å². The molecule has 4 heteroatoms. The quantitative estimate of drug-likeness (QED) is 0.636. The molecule has 0 aliphatic rings. The Labute approximate surface area is 162 Å². The third kappa shape index (κ3) is 7.35. The van der Waals surface area contributed by atoms with Gasteiger partial charge in [0.1, 0.15) is 0 Å². The fourth-order valence-electron chi connectivity index (χ4n) is 2.85. The Hall–Kier alpha value is -2.46. The van der Waals surface area contributed by atoms with Gasteiger partial charge in [0.2, 0.25) is 5.91 Å². The molecular formula is C23H30N2O2. The van der Waals surface area contributed by atoms with E-state index in [1.807, 2.05) is 48.5 Å². The van der Waals surface area contributed by atoms with Gasteiger partial charge in [-0.2, -0.15) is 0 Å². The molecule has 4 nitrogen and oxygen atoms in total. The van der Waals surface area contributed by atoms with Gasteiger partial charge in [-0.15, -0.1) is 0 Å². The highest BCUT2D eigenvalue weighted by atomic mass is 16.2. The summed E-state index contributed by atoms with van der Waals surface area (Å²) in [6.45, 7) is 3.13. The number of nitrogens with one attached hydrogen (secondary N) is 1. The maximum atomic E-state index is 12.3. The lowest BCUT2D eigenvalue weighted by molar-refractivity contribution is -0.116. The number of nitrogens with zero attached hydrogens (tertiary/aromatic N) is 1. The minimum absolute atomic E-state index is 0.00670. The Morgan fingerprint density at radius 3 is 2.04 bits per heavy atom. The zero-order valence-corrected chi connectivity index (χ0v) is 16.6. The molecule has 2 aromatic carbocycles. The van der Waals surface area contributed by atoms with Crippen LogP contribution in [0.2, 0.25) is 0 Å². The number of aryl methyl sites for hydroxylation is 1. The zero-order chi connectivity index (χ0) is 19.6. The monoisotopic (exact) mass is 366 g/mol. The number of anilines is 1. The highest BCUT2D eigenvalue weighted by Gasteiger charge is 2.10. The highest BCUT2D eigenvalue weighted by Crippen LogP contribution is 2.13. The van der Waals surface area contributed by atoms with Gasteiger partial charge in [-0.1, -0.05) is 49.7 Å². The van der Waals surface area contributed by atoms with Crippen molar-refractivity contribution in [2.75, 3.05) is 26.0 Å². The summed E-state index contributed by atoms with van der Waals surface area (Å²) in [6.07, 6.45) is 3.50. The largest absolute Gasteiger partial charge is 0.326 e. The van der Waals surface area contributed by atoms with Crippen LogP contribution in [0.5, 0.6) is 0 Å². The molecule has 144 valence electrons. The summed E-state index contributed by atoms with van der Waals surface area (Å²) in [5.41, 5.74) is 3.92. The molecule has 1 amide bonds. The molecule has 0 aliphatic carbocycles. The molecule has 0 heterocycles. The molecule has 0 unspecified atom stereocenters. The number of Topliss-reactive ketones (excluding diaryl/α,β-unsaturated/α-hetero) is 1. The average molecular weight is 367 g/mol. The normalized spacial score (nSPS) is 10.8. The average Bonchev–Trinajstić information content (AvgIpc) is 2.66. The van der Waals surface area contributed by atoms with Crippen molar-refractivity contribution in [2.45, 2.75) is 39.0 Å². The van der Waals surface area contributed by atoms with Crippen molar-refractivity contribution in [3.8, 4) is 0 Å². The number of carbonyl (C=O) groups excluding carboxylic acids is 2. The summed E-state index contributed by atoms with van der Waals surface area (Å²) in [6, 6.07) is 15.6. The second kappa shape index (κ2) is 10.6. The molecule has 2 aromatic rings. The summed E-state index contributed by atoms with van der Waals surface area (Å²) < 4.78 is 0. The Morgan fingerprint density at radius 1 is 0.852 bits per heavy atom. The van der Waals surface area contributed by atoms with Crippen molar-refractivity contribution in [3.05, 3.63) is 65.2 Å². The lowest BCUT2D eigenvalue weighted by Gasteiger charge is -2.10. The fraction of sp³-hybridized carbons (Fsp3) is 0.391. The number of amides is 1. The van der Waals surface area contributed by atoms with Crippen LogP contribution in [0.15, 0.2) is 48.5 Å². The van der Waals surface area contributed by atoms with Crippen LogP contribution >= 0.6 is 0 Å². The first-order valence-corrected chi connectivity index (χ1v) is 9.63. The summed E-state index contributed by atoms with van der Waals surface area (Å²) in [5.74, 6) is -0.126. The number of hydrogen-bond acceptors (Lipinski definition) is 3. The van der Waals surface area contributed by atoms with E-state index >= 15 is 0 Å². The van der Waals surface area contributed by atoms with Gasteiger partial charge in [0.05, 0.1) is 0 Å². The molecule has 0 atom stereocenters. The van der Waals surface area contributed by atoms with Gasteiger partial charge in [-0.3, -0.25) is 9.59 Å². The molecule has 0 saturated heterocycles. The van der Waals surface area contributed by atoms with Crippen molar-refractivity contribution < 1.29 is 9.59 Å². The zero-order valence-electron chi connectivity index (χ0n) is 16.6. The summed E-state index contributed by atoms with van der Waals surface area (Å²) in [4.78, 5) is 26.5. The molecule has 27 heavy (non-hydrogen) atoms. The van der Waals surface area contributed by atoms with Crippen LogP contribution in [0, 0.1) is 0 Å². The van der Waals surface area contributed by atoms with Gasteiger partial charge >= 0.3 is 0 Å². The first kappa shape index (κ1) is 20.8. The number of rotatable bonds is 10. The van der Waals surface area contributed by atoms with Gasteiger partial charge in [0.15, 0.2) is 5.78 Å². The third-order valence-corrected chi connectivity index (χ3v) is 4.48. The van der Waals surface area contributed by atoms with E-state index in [1.165, 1.54) is 11.1 Å². The van der Waals surface area contributed by atoms with Crippen molar-refractivity contribution in [3.63, 3.8) is 0 Å². The van der Waals surface area contributed by atoms with Crippen LogP contribution in [0.1, 0.15) is 47.7 Å². The Kier molecular flexibility index (Phi) is 8.21. The molecule has 0 saturated carbocycles. The van der Waals surface area contributed by atoms with Crippen LogP contribution < -0.4 is 5.32 Å². The van der Waals surface area contributed by atoms with Gasteiger partial charge in [0, 0.05) is 30.6 Å². The van der Waals surface area contributed by atoms with E-state index in [0.717, 1.165) is 31.5 Å². The van der Waals surface area contributed by atoms with E-state index in [4.69, 9.17) is 0 Å². The van der Waals surface area contributed by atoms with Crippen LogP contribution in [-0.4, -0.2) is 37.2 Å². The molecule has 2 rings (SSSR count). The molecule has 0 fully saturated rings. The number of ketones is 1. The SMILES string of the molecule is CCCc1ccc(C(=O)CCC(=O)Nc2ccc(CCN(C)C)cc2)cc1. The third-order valence-electron chi connectivity index (χ3n) is 4.48. The lowest BCUT2D eigenvalue weighted by Crippen LogP contribution is -2.15. The second-order valence-electron chi connectivity index (χ2n) is 7.17. The van der Waals surface area contributed by atoms with Crippen LogP contribution in [0.25, 0.3) is 0 Å². The standard InChI is InChI=1S/C23H30N2O2/c1-4-5-18-6-10-20(11-7-18)22(26)14-15-23(27)24-21-12-8-19(9-13-21)16-17-25(2)3/h6-13H,4-5,14-17H2,1-3H3,(H,24,27). The molecule has 1 N–H and O–H groups in total. The fourth-order valence-corrected chi connectivity index (χ4v) is 2.85. The molecule has 0 aliphatic heterocycles. The van der Waals surface area contributed by atoms with Crippen LogP contribution in [0.4, 0.5) is 5.69 Å². The highest BCUT2D eigenvalue weighted by molar-refractivity contribution is 6.00. The van der Waals surface area contributed by atoms with Gasteiger partial charge in [0.25, 0.3) is 0 Å². The van der Waals surface area contributed by atoms with Crippen molar-refractivity contribution >= 4 is 17.4 Å². The lowest BCUT2D eigenvalue weighted by atomic mass is 10.0. The topological polar surface area (TPSA) is 49.4 Å². The van der Waals surface area contributed by atoms with Crippen LogP contribution in [-0.2, 0) is 17.6 Å². The molecule has 0 bridgehead atoms. The first-order valence-electron chi connectivity index (χ1n) is 9.63. The molecule has 0 aromatic heterocycles. The van der Waals surface area contributed by atoms with E-state index in [-0.39, 0.29) is 24.5 Å². The predicted octanol–water partition coefficient (Wildman–Crippen LogP) is 4.34. The number of carbonyl (C=O) groups is 2. The number of benzene rings is 2. The van der Waals surface area contributed by atoms with Crippen LogP contribution in [0.3, 0.4) is 0 Å². The van der Waals surface area contributed by atoms with E-state index in [0.29, 0.717) is 5.56 Å². The Bertz CT molecular complexity index is 734. The number of likely N-dealkylation sites (N-methyl/N-ethyl adjacent to an activating group) is 1. The van der Waals surface area contributed by atoms with E-state index in [2.05, 4.69) is 31.2 Å². The van der Waals surface area contributed by atoms with E-state index < -0.39 is 0 Å². The van der Waals surface area contributed by atoms with Gasteiger partial charge < -0.3 is 10.2 Å².